The fourth-order valence-electron chi connectivity index (χ4n) is 1.00. The highest BCUT2D eigenvalue weighted by molar-refractivity contribution is 5.03. The molecule has 0 bridgehead atoms. The van der Waals surface area contributed by atoms with E-state index in [4.69, 9.17) is 5.53 Å². The molecule has 0 aromatic carbocycles. The number of hydrogen-bond donors (Lipinski definition) is 2. The van der Waals surface area contributed by atoms with Gasteiger partial charge in [-0.05, 0) is 18.5 Å². The van der Waals surface area contributed by atoms with Crippen LogP contribution in [0.5, 0.6) is 0 Å². The predicted molar refractivity (Wildman–Crippen MR) is 51.7 cm³/mol. The third-order valence-corrected chi connectivity index (χ3v) is 1.77. The molecular formula is C8H11N5O2. The van der Waals surface area contributed by atoms with Crippen molar-refractivity contribution in [3.05, 3.63) is 34.2 Å². The highest BCUT2D eigenvalue weighted by Gasteiger charge is 2.20. The van der Waals surface area contributed by atoms with Crippen molar-refractivity contribution >= 4 is 0 Å². The molecule has 15 heavy (non-hydrogen) atoms. The summed E-state index contributed by atoms with van der Waals surface area (Å²) in [5, 5.41) is 22.1. The van der Waals surface area contributed by atoms with Crippen molar-refractivity contribution in [2.45, 2.75) is 19.1 Å². The Labute approximate surface area is 86.1 Å². The summed E-state index contributed by atoms with van der Waals surface area (Å²) in [4.78, 5) is 10.2. The van der Waals surface area contributed by atoms with Crippen LogP contribution in [-0.4, -0.2) is 32.8 Å². The van der Waals surface area contributed by atoms with Crippen LogP contribution < -0.4 is 0 Å². The number of aliphatic hydroxyl groups is 2. The predicted octanol–water partition coefficient (Wildman–Crippen LogP) is 0.490. The number of aliphatic hydroxyl groups excluding tert-OH is 2. The van der Waals surface area contributed by atoms with Crippen LogP contribution >= 0.6 is 0 Å². The maximum Gasteiger partial charge on any atom is 0.159 e. The topological polar surface area (TPSA) is 115 Å². The molecule has 0 aliphatic carbocycles. The van der Waals surface area contributed by atoms with Gasteiger partial charge in [-0.2, -0.15) is 0 Å². The van der Waals surface area contributed by atoms with Crippen molar-refractivity contribution in [3.8, 4) is 0 Å². The summed E-state index contributed by atoms with van der Waals surface area (Å²) in [7, 11) is 0. The maximum atomic E-state index is 9.58. The normalized spacial score (nSPS) is 14.1. The lowest BCUT2D eigenvalue weighted by atomic mass is 10.2. The zero-order chi connectivity index (χ0) is 11.3. The summed E-state index contributed by atoms with van der Waals surface area (Å²) in [5.41, 5.74) is 8.74. The maximum absolute atomic E-state index is 9.58. The molecule has 0 amide bonds. The van der Waals surface area contributed by atoms with Crippen LogP contribution in [0.1, 0.15) is 17.6 Å². The second-order valence-corrected chi connectivity index (χ2v) is 2.98. The van der Waals surface area contributed by atoms with Gasteiger partial charge in [-0.1, -0.05) is 5.11 Å². The van der Waals surface area contributed by atoms with Crippen LogP contribution in [0.4, 0.5) is 0 Å². The number of hydrogen-bond acceptors (Lipinski definition) is 5. The fourth-order valence-corrected chi connectivity index (χ4v) is 1.00. The molecule has 1 heterocycles. The van der Waals surface area contributed by atoms with E-state index in [1.54, 1.807) is 13.0 Å². The van der Waals surface area contributed by atoms with Crippen molar-refractivity contribution in [1.29, 1.82) is 0 Å². The average molecular weight is 209 g/mol. The van der Waals surface area contributed by atoms with Crippen LogP contribution in [0, 0.1) is 6.92 Å². The summed E-state index contributed by atoms with van der Waals surface area (Å²) in [6, 6.07) is 1.68. The van der Waals surface area contributed by atoms with E-state index in [0.29, 0.717) is 5.69 Å². The van der Waals surface area contributed by atoms with Crippen molar-refractivity contribution in [2.75, 3.05) is 6.54 Å². The van der Waals surface area contributed by atoms with Gasteiger partial charge in [0.2, 0.25) is 0 Å². The molecule has 7 heteroatoms. The molecule has 0 saturated heterocycles. The Balaban J connectivity index is 2.75. The first-order valence-electron chi connectivity index (χ1n) is 4.31. The van der Waals surface area contributed by atoms with Crippen LogP contribution in [0.3, 0.4) is 0 Å². The smallest absolute Gasteiger partial charge is 0.159 e. The lowest BCUT2D eigenvalue weighted by Crippen LogP contribution is -2.23. The molecule has 7 nitrogen and oxygen atoms in total. The van der Waals surface area contributed by atoms with Gasteiger partial charge in [-0.3, -0.25) is 0 Å². The van der Waals surface area contributed by atoms with Crippen molar-refractivity contribution in [1.82, 2.24) is 9.97 Å². The molecular weight excluding hydrogens is 198 g/mol. The van der Waals surface area contributed by atoms with Gasteiger partial charge in [0.05, 0.1) is 12.6 Å². The quantitative estimate of drug-likeness (QED) is 0.426. The molecule has 1 rings (SSSR count). The van der Waals surface area contributed by atoms with E-state index in [1.807, 2.05) is 0 Å². The van der Waals surface area contributed by atoms with Gasteiger partial charge in [-0.25, -0.2) is 9.97 Å². The Bertz CT molecular complexity index is 377. The SMILES string of the molecule is Cc1ccnc(C(O)C(O)CN=[N+]=[N-])n1. The first kappa shape index (κ1) is 11.4. The molecule has 0 aliphatic rings. The summed E-state index contributed by atoms with van der Waals surface area (Å²) in [6.07, 6.45) is -0.945. The minimum Gasteiger partial charge on any atom is -0.390 e. The van der Waals surface area contributed by atoms with Crippen molar-refractivity contribution in [3.63, 3.8) is 0 Å². The zero-order valence-corrected chi connectivity index (χ0v) is 8.15. The number of nitrogens with zero attached hydrogens (tertiary/aromatic N) is 5. The first-order chi connectivity index (χ1) is 7.15. The van der Waals surface area contributed by atoms with Gasteiger partial charge < -0.3 is 10.2 Å². The van der Waals surface area contributed by atoms with Crippen LogP contribution in [-0.2, 0) is 0 Å². The Hall–Kier alpha value is -1.69. The van der Waals surface area contributed by atoms with Crippen LogP contribution in [0.15, 0.2) is 17.4 Å². The highest BCUT2D eigenvalue weighted by Crippen LogP contribution is 2.12. The number of aryl methyl sites for hydroxylation is 1. The van der Waals surface area contributed by atoms with Crippen LogP contribution in [0.25, 0.3) is 10.4 Å². The van der Waals surface area contributed by atoms with E-state index in [0.717, 1.165) is 0 Å². The molecule has 0 spiro atoms. The molecule has 0 fully saturated rings. The molecule has 80 valence electrons. The first-order valence-corrected chi connectivity index (χ1v) is 4.31. The summed E-state index contributed by atoms with van der Waals surface area (Å²) in [6.45, 7) is 1.53. The van der Waals surface area contributed by atoms with Crippen molar-refractivity contribution < 1.29 is 10.2 Å². The minimum atomic E-state index is -1.24. The monoisotopic (exact) mass is 209 g/mol. The lowest BCUT2D eigenvalue weighted by molar-refractivity contribution is 0.0188. The summed E-state index contributed by atoms with van der Waals surface area (Å²) < 4.78 is 0. The molecule has 0 aliphatic heterocycles. The Kier molecular flexibility index (Phi) is 3.99. The molecule has 0 saturated carbocycles. The minimum absolute atomic E-state index is 0.121. The van der Waals surface area contributed by atoms with E-state index >= 15 is 0 Å². The molecule has 2 unspecified atom stereocenters. The van der Waals surface area contributed by atoms with Gasteiger partial charge in [0.15, 0.2) is 5.82 Å². The molecule has 2 N–H and O–H groups in total. The summed E-state index contributed by atoms with van der Waals surface area (Å²) in [5.74, 6) is 0.121. The van der Waals surface area contributed by atoms with Gasteiger partial charge in [0.1, 0.15) is 6.10 Å². The van der Waals surface area contributed by atoms with E-state index < -0.39 is 12.2 Å². The summed E-state index contributed by atoms with van der Waals surface area (Å²) >= 11 is 0. The van der Waals surface area contributed by atoms with Gasteiger partial charge in [-0.15, -0.1) is 0 Å². The van der Waals surface area contributed by atoms with E-state index in [-0.39, 0.29) is 12.4 Å². The van der Waals surface area contributed by atoms with E-state index in [9.17, 15) is 10.2 Å². The second kappa shape index (κ2) is 5.26. The third kappa shape index (κ3) is 3.17. The number of azide groups is 1. The molecule has 1 aromatic rings. The molecule has 0 radical (unpaired) electrons. The molecule has 1 aromatic heterocycles. The number of aromatic nitrogens is 2. The van der Waals surface area contributed by atoms with Gasteiger partial charge in [0.25, 0.3) is 0 Å². The Morgan fingerprint density at radius 2 is 2.33 bits per heavy atom. The Morgan fingerprint density at radius 3 is 2.93 bits per heavy atom. The van der Waals surface area contributed by atoms with Gasteiger partial charge in [0, 0.05) is 16.8 Å². The van der Waals surface area contributed by atoms with E-state index in [2.05, 4.69) is 20.0 Å². The largest absolute Gasteiger partial charge is 0.390 e. The highest BCUT2D eigenvalue weighted by atomic mass is 16.3. The fraction of sp³-hybridized carbons (Fsp3) is 0.500. The number of rotatable bonds is 4. The Morgan fingerprint density at radius 1 is 1.60 bits per heavy atom. The zero-order valence-electron chi connectivity index (χ0n) is 8.15. The third-order valence-electron chi connectivity index (χ3n) is 1.77. The standard InChI is InChI=1S/C8H11N5O2/c1-5-2-3-10-8(12-5)7(15)6(14)4-11-13-9/h2-3,6-7,14-15H,4H2,1H3. The lowest BCUT2D eigenvalue weighted by Gasteiger charge is -2.14. The van der Waals surface area contributed by atoms with Crippen molar-refractivity contribution in [2.24, 2.45) is 5.11 Å². The average Bonchev–Trinajstić information content (AvgIpc) is 2.24. The van der Waals surface area contributed by atoms with Gasteiger partial charge >= 0.3 is 0 Å². The van der Waals surface area contributed by atoms with Crippen LogP contribution in [0.2, 0.25) is 0 Å². The molecule has 2 atom stereocenters. The second-order valence-electron chi connectivity index (χ2n) is 2.98. The van der Waals surface area contributed by atoms with E-state index in [1.165, 1.54) is 6.20 Å².